The topological polar surface area (TPSA) is 42.0 Å². The maximum absolute atomic E-state index is 11.4. The molecule has 1 aromatic rings. The second-order valence-electron chi connectivity index (χ2n) is 2.24. The molecule has 1 aromatic heterocycles. The monoisotopic (exact) mass is 286 g/mol. The minimum absolute atomic E-state index is 0.162. The lowest BCUT2D eigenvalue weighted by Gasteiger charge is -2.02. The molecule has 0 saturated heterocycles. The molecule has 0 aliphatic carbocycles. The number of rotatable bonds is 2. The summed E-state index contributed by atoms with van der Waals surface area (Å²) in [6, 6.07) is 1.66. The highest BCUT2D eigenvalue weighted by Crippen LogP contribution is 2.08. The summed E-state index contributed by atoms with van der Waals surface area (Å²) in [7, 11) is 0. The highest BCUT2D eigenvalue weighted by molar-refractivity contribution is 14.1. The Morgan fingerprint density at radius 1 is 1.77 bits per heavy atom. The minimum Gasteiger partial charge on any atom is -0.341 e. The van der Waals surface area contributed by atoms with Crippen molar-refractivity contribution >= 4 is 28.5 Å². The largest absolute Gasteiger partial charge is 0.341 e. The first-order valence-corrected chi connectivity index (χ1v) is 4.64. The smallest absolute Gasteiger partial charge is 0.253 e. The normalized spacial score (nSPS) is 8.92. The maximum atomic E-state index is 11.4. The number of aromatic nitrogens is 1. The number of terminal acetylenes is 1. The summed E-state index contributed by atoms with van der Waals surface area (Å²) in [6.07, 6.45) is 8.22. The lowest BCUT2D eigenvalue weighted by atomic mass is 10.2. The molecule has 1 N–H and O–H groups in total. The molecule has 0 fully saturated rings. The molecule has 0 spiro atoms. The third kappa shape index (κ3) is 2.70. The summed E-state index contributed by atoms with van der Waals surface area (Å²) in [5.74, 6) is 2.18. The lowest BCUT2D eigenvalue weighted by Crippen LogP contribution is -2.24. The summed E-state index contributed by atoms with van der Waals surface area (Å²) < 4.78 is 0.814. The molecule has 0 aromatic carbocycles. The van der Waals surface area contributed by atoms with E-state index in [9.17, 15) is 4.79 Å². The van der Waals surface area contributed by atoms with Gasteiger partial charge in [0.1, 0.15) is 0 Å². The van der Waals surface area contributed by atoms with Gasteiger partial charge in [-0.15, -0.1) is 6.42 Å². The van der Waals surface area contributed by atoms with Gasteiger partial charge in [0.25, 0.3) is 5.91 Å². The number of carbonyl (C=O) groups is 1. The van der Waals surface area contributed by atoms with E-state index in [0.717, 1.165) is 3.57 Å². The molecule has 0 unspecified atom stereocenters. The fourth-order valence-corrected chi connectivity index (χ4v) is 1.37. The zero-order valence-corrected chi connectivity index (χ0v) is 8.91. The number of nitrogens with zero attached hydrogens (tertiary/aromatic N) is 1. The molecule has 0 atom stereocenters. The van der Waals surface area contributed by atoms with Crippen molar-refractivity contribution in [3.8, 4) is 12.3 Å². The van der Waals surface area contributed by atoms with Crippen LogP contribution in [0.2, 0.25) is 0 Å². The molecule has 66 valence electrons. The van der Waals surface area contributed by atoms with E-state index in [-0.39, 0.29) is 12.5 Å². The van der Waals surface area contributed by atoms with Crippen molar-refractivity contribution in [3.05, 3.63) is 27.6 Å². The van der Waals surface area contributed by atoms with Crippen LogP contribution in [0.3, 0.4) is 0 Å². The van der Waals surface area contributed by atoms with Crippen LogP contribution in [0, 0.1) is 15.9 Å². The highest BCUT2D eigenvalue weighted by Gasteiger charge is 2.07. The van der Waals surface area contributed by atoms with Crippen LogP contribution >= 0.6 is 22.6 Å². The molecule has 4 heteroatoms. The quantitative estimate of drug-likeness (QED) is 0.652. The second-order valence-corrected chi connectivity index (χ2v) is 3.40. The number of amides is 1. The molecule has 0 aliphatic rings. The van der Waals surface area contributed by atoms with Crippen molar-refractivity contribution in [1.82, 2.24) is 10.3 Å². The van der Waals surface area contributed by atoms with Crippen LogP contribution in [0.5, 0.6) is 0 Å². The first kappa shape index (κ1) is 9.99. The first-order chi connectivity index (χ1) is 6.25. The molecule has 0 saturated carbocycles. The number of halogens is 1. The lowest BCUT2D eigenvalue weighted by molar-refractivity contribution is 0.0957. The van der Waals surface area contributed by atoms with E-state index in [1.54, 1.807) is 18.5 Å². The van der Waals surface area contributed by atoms with Gasteiger partial charge in [0, 0.05) is 16.0 Å². The average molecular weight is 286 g/mol. The third-order valence-electron chi connectivity index (χ3n) is 1.37. The van der Waals surface area contributed by atoms with Crippen LogP contribution in [0.4, 0.5) is 0 Å². The summed E-state index contributed by atoms with van der Waals surface area (Å²) in [6.45, 7) is 0.247. The molecule has 1 heterocycles. The molecular weight excluding hydrogens is 279 g/mol. The maximum Gasteiger partial charge on any atom is 0.253 e. The van der Waals surface area contributed by atoms with Gasteiger partial charge in [-0.3, -0.25) is 9.78 Å². The summed E-state index contributed by atoms with van der Waals surface area (Å²) in [4.78, 5) is 15.3. The highest BCUT2D eigenvalue weighted by atomic mass is 127. The van der Waals surface area contributed by atoms with E-state index in [0.29, 0.717) is 5.56 Å². The average Bonchev–Trinajstić information content (AvgIpc) is 2.15. The molecule has 1 rings (SSSR count). The van der Waals surface area contributed by atoms with Gasteiger partial charge in [-0.1, -0.05) is 5.92 Å². The summed E-state index contributed by atoms with van der Waals surface area (Å²) >= 11 is 2.05. The second kappa shape index (κ2) is 4.82. The van der Waals surface area contributed by atoms with Crippen LogP contribution in [0.1, 0.15) is 10.4 Å². The van der Waals surface area contributed by atoms with Gasteiger partial charge >= 0.3 is 0 Å². The Kier molecular flexibility index (Phi) is 3.71. The van der Waals surface area contributed by atoms with E-state index in [2.05, 4.69) is 38.8 Å². The zero-order chi connectivity index (χ0) is 9.68. The Labute approximate surface area is 90.1 Å². The Bertz CT molecular complexity index is 357. The first-order valence-electron chi connectivity index (χ1n) is 3.57. The van der Waals surface area contributed by atoms with Crippen molar-refractivity contribution in [2.45, 2.75) is 0 Å². The van der Waals surface area contributed by atoms with Gasteiger partial charge in [-0.2, -0.15) is 0 Å². The summed E-state index contributed by atoms with van der Waals surface area (Å²) in [5, 5.41) is 2.58. The molecule has 1 amide bonds. The number of carbonyl (C=O) groups excluding carboxylic acids is 1. The van der Waals surface area contributed by atoms with Crippen molar-refractivity contribution in [2.75, 3.05) is 6.54 Å². The van der Waals surface area contributed by atoms with Crippen molar-refractivity contribution in [1.29, 1.82) is 0 Å². The van der Waals surface area contributed by atoms with E-state index in [1.807, 2.05) is 0 Å². The number of hydrogen-bond donors (Lipinski definition) is 1. The van der Waals surface area contributed by atoms with Crippen LogP contribution in [0.25, 0.3) is 0 Å². The molecule has 0 aliphatic heterocycles. The molecule has 0 bridgehead atoms. The Balaban J connectivity index is 2.78. The summed E-state index contributed by atoms with van der Waals surface area (Å²) in [5.41, 5.74) is 0.603. The SMILES string of the molecule is C#CCNC(=O)c1ccncc1I. The van der Waals surface area contributed by atoms with Gasteiger partial charge < -0.3 is 5.32 Å². The van der Waals surface area contributed by atoms with Crippen molar-refractivity contribution in [3.63, 3.8) is 0 Å². The molecule has 0 radical (unpaired) electrons. The Morgan fingerprint density at radius 2 is 2.54 bits per heavy atom. The zero-order valence-electron chi connectivity index (χ0n) is 6.75. The minimum atomic E-state index is -0.162. The van der Waals surface area contributed by atoms with Crippen molar-refractivity contribution in [2.24, 2.45) is 0 Å². The van der Waals surface area contributed by atoms with Gasteiger partial charge in [0.2, 0.25) is 0 Å². The Hall–Kier alpha value is -1.09. The van der Waals surface area contributed by atoms with Crippen LogP contribution in [-0.2, 0) is 0 Å². The molecular formula is C9H7IN2O. The number of pyridine rings is 1. The molecule has 3 nitrogen and oxygen atoms in total. The van der Waals surface area contributed by atoms with E-state index in [4.69, 9.17) is 6.42 Å². The predicted octanol–water partition coefficient (Wildman–Crippen LogP) is 1.05. The third-order valence-corrected chi connectivity index (χ3v) is 2.23. The number of hydrogen-bond acceptors (Lipinski definition) is 2. The fourth-order valence-electron chi connectivity index (χ4n) is 0.786. The number of nitrogens with one attached hydrogen (secondary N) is 1. The predicted molar refractivity (Wildman–Crippen MR) is 58.1 cm³/mol. The van der Waals surface area contributed by atoms with Gasteiger partial charge in [-0.25, -0.2) is 0 Å². The van der Waals surface area contributed by atoms with E-state index in [1.165, 1.54) is 0 Å². The van der Waals surface area contributed by atoms with Gasteiger partial charge in [0.15, 0.2) is 0 Å². The van der Waals surface area contributed by atoms with E-state index >= 15 is 0 Å². The van der Waals surface area contributed by atoms with Crippen molar-refractivity contribution < 1.29 is 4.79 Å². The van der Waals surface area contributed by atoms with Crippen LogP contribution < -0.4 is 5.32 Å². The van der Waals surface area contributed by atoms with Gasteiger partial charge in [-0.05, 0) is 28.7 Å². The standard InChI is InChI=1S/C9H7IN2O/c1-2-4-12-9(13)7-3-5-11-6-8(7)10/h1,3,5-6H,4H2,(H,12,13). The van der Waals surface area contributed by atoms with Crippen LogP contribution in [0.15, 0.2) is 18.5 Å². The molecule has 13 heavy (non-hydrogen) atoms. The fraction of sp³-hybridized carbons (Fsp3) is 0.111. The van der Waals surface area contributed by atoms with Gasteiger partial charge in [0.05, 0.1) is 12.1 Å². The Morgan fingerprint density at radius 3 is 3.15 bits per heavy atom. The van der Waals surface area contributed by atoms with E-state index < -0.39 is 0 Å². The van der Waals surface area contributed by atoms with Crippen LogP contribution in [-0.4, -0.2) is 17.4 Å².